The summed E-state index contributed by atoms with van der Waals surface area (Å²) >= 11 is 0. The van der Waals surface area contributed by atoms with Gasteiger partial charge in [0.2, 0.25) is 15.8 Å². The minimum absolute atomic E-state index is 0.0673. The first-order chi connectivity index (χ1) is 7.51. The molecule has 0 bridgehead atoms. The minimum Gasteiger partial charge on any atom is -0.496 e. The summed E-state index contributed by atoms with van der Waals surface area (Å²) < 4.78 is 37.6. The molecule has 16 heavy (non-hydrogen) atoms. The Morgan fingerprint density at radius 3 is 2.81 bits per heavy atom. The van der Waals surface area contributed by atoms with E-state index in [1.807, 2.05) is 0 Å². The van der Waals surface area contributed by atoms with Gasteiger partial charge in [0.25, 0.3) is 0 Å². The van der Waals surface area contributed by atoms with E-state index in [1.54, 1.807) is 12.1 Å². The van der Waals surface area contributed by atoms with Gasteiger partial charge in [-0.2, -0.15) is 0 Å². The highest BCUT2D eigenvalue weighted by Crippen LogP contribution is 2.41. The molecule has 1 aliphatic rings. The number of ether oxygens (including phenoxy) is 3. The first kappa shape index (κ1) is 11.3. The van der Waals surface area contributed by atoms with Crippen LogP contribution < -0.4 is 14.2 Å². The van der Waals surface area contributed by atoms with Crippen LogP contribution in [0.1, 0.15) is 5.56 Å². The molecule has 1 aromatic carbocycles. The van der Waals surface area contributed by atoms with Crippen LogP contribution in [0.4, 0.5) is 0 Å². The monoisotopic (exact) mass is 264 g/mol. The van der Waals surface area contributed by atoms with Crippen LogP contribution in [0.25, 0.3) is 0 Å². The van der Waals surface area contributed by atoms with Crippen LogP contribution in [0.5, 0.6) is 17.2 Å². The van der Waals surface area contributed by atoms with E-state index < -0.39 is 9.05 Å². The number of benzene rings is 1. The summed E-state index contributed by atoms with van der Waals surface area (Å²) in [5.74, 6) is 0.928. The molecule has 0 fully saturated rings. The van der Waals surface area contributed by atoms with Crippen molar-refractivity contribution in [2.24, 2.45) is 0 Å². The highest BCUT2D eigenvalue weighted by Gasteiger charge is 2.24. The summed E-state index contributed by atoms with van der Waals surface area (Å²) in [6.07, 6.45) is 0. The zero-order valence-corrected chi connectivity index (χ0v) is 9.97. The quantitative estimate of drug-likeness (QED) is 0.774. The normalized spacial score (nSPS) is 13.9. The third-order valence-electron chi connectivity index (χ3n) is 2.14. The van der Waals surface area contributed by atoms with Gasteiger partial charge < -0.3 is 14.2 Å². The van der Waals surface area contributed by atoms with Crippen molar-refractivity contribution in [1.82, 2.24) is 0 Å². The molecule has 88 valence electrons. The summed E-state index contributed by atoms with van der Waals surface area (Å²) in [4.78, 5) is 0. The van der Waals surface area contributed by atoms with Crippen molar-refractivity contribution in [2.45, 2.75) is 5.75 Å². The van der Waals surface area contributed by atoms with Crippen LogP contribution in [0, 0.1) is 0 Å². The fourth-order valence-corrected chi connectivity index (χ4v) is 2.46. The van der Waals surface area contributed by atoms with E-state index in [9.17, 15) is 8.42 Å². The lowest BCUT2D eigenvalue weighted by Gasteiger charge is -2.09. The molecule has 0 saturated carbocycles. The summed E-state index contributed by atoms with van der Waals surface area (Å²) in [5.41, 5.74) is 0.382. The maximum absolute atomic E-state index is 11.1. The number of methoxy groups -OCH3 is 1. The Kier molecular flexibility index (Phi) is 2.86. The molecule has 0 aromatic heterocycles. The van der Waals surface area contributed by atoms with Crippen LogP contribution in [0.2, 0.25) is 0 Å². The zero-order chi connectivity index (χ0) is 11.8. The molecule has 0 N–H and O–H groups in total. The molecule has 1 aromatic rings. The Morgan fingerprint density at radius 2 is 2.19 bits per heavy atom. The van der Waals surface area contributed by atoms with Gasteiger partial charge >= 0.3 is 0 Å². The summed E-state index contributed by atoms with van der Waals surface area (Å²) in [6.45, 7) is 0.0673. The highest BCUT2D eigenvalue weighted by molar-refractivity contribution is 8.13. The Morgan fingerprint density at radius 1 is 1.44 bits per heavy atom. The SMILES string of the molecule is COc1ccc2c(c1CS(=O)(=O)Cl)OCO2. The molecule has 0 amide bonds. The molecule has 2 rings (SSSR count). The van der Waals surface area contributed by atoms with Gasteiger partial charge in [0.15, 0.2) is 11.5 Å². The van der Waals surface area contributed by atoms with Gasteiger partial charge in [-0.1, -0.05) is 0 Å². The van der Waals surface area contributed by atoms with Gasteiger partial charge in [-0.25, -0.2) is 8.42 Å². The summed E-state index contributed by atoms with van der Waals surface area (Å²) in [5, 5.41) is 0. The molecule has 0 atom stereocenters. The van der Waals surface area contributed by atoms with Gasteiger partial charge in [0.1, 0.15) is 5.75 Å². The third-order valence-corrected chi connectivity index (χ3v) is 3.10. The third kappa shape index (κ3) is 2.17. The number of hydrogen-bond acceptors (Lipinski definition) is 5. The van der Waals surface area contributed by atoms with E-state index in [1.165, 1.54) is 7.11 Å². The average molecular weight is 265 g/mol. The standard InChI is InChI=1S/C9H9ClO5S/c1-13-7-2-3-8-9(15-5-14-8)6(7)4-16(10,11)12/h2-3H,4-5H2,1H3. The number of rotatable bonds is 3. The van der Waals surface area contributed by atoms with Crippen LogP contribution in [0.3, 0.4) is 0 Å². The molecule has 5 nitrogen and oxygen atoms in total. The Balaban J connectivity index is 2.52. The van der Waals surface area contributed by atoms with Crippen molar-refractivity contribution < 1.29 is 22.6 Å². The van der Waals surface area contributed by atoms with Gasteiger partial charge in [-0.3, -0.25) is 0 Å². The van der Waals surface area contributed by atoms with Crippen molar-refractivity contribution in [3.63, 3.8) is 0 Å². The molecule has 7 heteroatoms. The number of fused-ring (bicyclic) bond motifs is 1. The molecule has 0 saturated heterocycles. The van der Waals surface area contributed by atoms with E-state index in [0.717, 1.165) is 0 Å². The van der Waals surface area contributed by atoms with Crippen molar-refractivity contribution in [2.75, 3.05) is 13.9 Å². The van der Waals surface area contributed by atoms with Gasteiger partial charge in [0.05, 0.1) is 18.4 Å². The van der Waals surface area contributed by atoms with Crippen molar-refractivity contribution in [3.05, 3.63) is 17.7 Å². The first-order valence-corrected chi connectivity index (χ1v) is 6.87. The average Bonchev–Trinajstić information content (AvgIpc) is 2.64. The highest BCUT2D eigenvalue weighted by atomic mass is 35.7. The Bertz CT molecular complexity index is 511. The Labute approximate surface area is 97.3 Å². The van der Waals surface area contributed by atoms with Gasteiger partial charge in [0, 0.05) is 10.7 Å². The minimum atomic E-state index is -3.67. The van der Waals surface area contributed by atoms with Gasteiger partial charge in [-0.15, -0.1) is 0 Å². The lowest BCUT2D eigenvalue weighted by Crippen LogP contribution is -2.01. The zero-order valence-electron chi connectivity index (χ0n) is 8.40. The predicted octanol–water partition coefficient (Wildman–Crippen LogP) is 1.49. The fraction of sp³-hybridized carbons (Fsp3) is 0.333. The largest absolute Gasteiger partial charge is 0.496 e. The van der Waals surface area contributed by atoms with Crippen LogP contribution in [-0.4, -0.2) is 22.3 Å². The van der Waals surface area contributed by atoms with Crippen LogP contribution in [-0.2, 0) is 14.8 Å². The van der Waals surface area contributed by atoms with Crippen molar-refractivity contribution in [3.8, 4) is 17.2 Å². The second-order valence-electron chi connectivity index (χ2n) is 3.16. The van der Waals surface area contributed by atoms with Crippen molar-refractivity contribution >= 4 is 19.7 Å². The molecular formula is C9H9ClO5S. The molecule has 1 aliphatic heterocycles. The van der Waals surface area contributed by atoms with E-state index in [2.05, 4.69) is 0 Å². The second-order valence-corrected chi connectivity index (χ2v) is 5.94. The lowest BCUT2D eigenvalue weighted by atomic mass is 10.2. The second kappa shape index (κ2) is 4.03. The maximum atomic E-state index is 11.1. The van der Waals surface area contributed by atoms with Crippen LogP contribution in [0.15, 0.2) is 12.1 Å². The summed E-state index contributed by atoms with van der Waals surface area (Å²) in [7, 11) is 2.99. The molecule has 0 radical (unpaired) electrons. The van der Waals surface area contributed by atoms with E-state index >= 15 is 0 Å². The number of halogens is 1. The molecule has 0 aliphatic carbocycles. The molecule has 0 spiro atoms. The van der Waals surface area contributed by atoms with Crippen LogP contribution >= 0.6 is 10.7 Å². The molecule has 1 heterocycles. The summed E-state index contributed by atoms with van der Waals surface area (Å²) in [6, 6.07) is 3.27. The van der Waals surface area contributed by atoms with Gasteiger partial charge in [-0.05, 0) is 12.1 Å². The first-order valence-electron chi connectivity index (χ1n) is 4.39. The predicted molar refractivity (Wildman–Crippen MR) is 57.6 cm³/mol. The van der Waals surface area contributed by atoms with Crippen molar-refractivity contribution in [1.29, 1.82) is 0 Å². The molecular weight excluding hydrogens is 256 g/mol. The molecule has 0 unspecified atom stereocenters. The number of hydrogen-bond donors (Lipinski definition) is 0. The van der Waals surface area contributed by atoms with E-state index in [-0.39, 0.29) is 12.5 Å². The van der Waals surface area contributed by atoms with E-state index in [4.69, 9.17) is 24.9 Å². The maximum Gasteiger partial charge on any atom is 0.237 e. The smallest absolute Gasteiger partial charge is 0.237 e. The Hall–Kier alpha value is -1.14. The lowest BCUT2D eigenvalue weighted by molar-refractivity contribution is 0.173. The topological polar surface area (TPSA) is 61.8 Å². The van der Waals surface area contributed by atoms with E-state index in [0.29, 0.717) is 22.8 Å². The fourth-order valence-electron chi connectivity index (χ4n) is 1.51.